The van der Waals surface area contributed by atoms with E-state index in [0.29, 0.717) is 65.0 Å². The Bertz CT molecular complexity index is 4380. The lowest BCUT2D eigenvalue weighted by Crippen LogP contribution is -2.65. The number of para-hydroxylation sites is 1. The summed E-state index contributed by atoms with van der Waals surface area (Å²) in [6.45, 7) is 7.16. The number of anilines is 2. The summed E-state index contributed by atoms with van der Waals surface area (Å²) in [5.41, 5.74) is 3.11. The highest BCUT2D eigenvalue weighted by Gasteiger charge is 2.66. The van der Waals surface area contributed by atoms with Crippen molar-refractivity contribution < 1.29 is 105 Å². The highest BCUT2D eigenvalue weighted by Crippen LogP contribution is 2.71. The summed E-state index contributed by atoms with van der Waals surface area (Å²) in [4.78, 5) is 116. The maximum Gasteiger partial charge on any atom is 0.410 e. The van der Waals surface area contributed by atoms with E-state index in [1.807, 2.05) is 36.1 Å². The Balaban J connectivity index is 0.704. The Morgan fingerprint density at radius 3 is 2.30 bits per heavy atom. The molecule has 9 N–H and O–H groups in total. The number of fused-ring (bicyclic) bond motifs is 2. The molecule has 1 saturated heterocycles. The van der Waals surface area contributed by atoms with E-state index in [1.165, 1.54) is 29.4 Å². The van der Waals surface area contributed by atoms with E-state index in [9.17, 15) is 66.6 Å². The fraction of sp³-hybridized carbons (Fsp3) is 0.500. The van der Waals surface area contributed by atoms with Crippen LogP contribution in [-0.4, -0.2) is 224 Å². The number of methoxy groups -OCH3 is 2. The summed E-state index contributed by atoms with van der Waals surface area (Å²) in [5.74, 6) is -5.86. The molecule has 4 saturated carbocycles. The number of carboxylic acid groups (broad SMARTS) is 2. The second-order valence-corrected chi connectivity index (χ2v) is 31.5. The van der Waals surface area contributed by atoms with Crippen LogP contribution in [0.3, 0.4) is 0 Å². The van der Waals surface area contributed by atoms with Crippen molar-refractivity contribution in [3.8, 4) is 17.2 Å². The Hall–Kier alpha value is -9.68. The van der Waals surface area contributed by atoms with E-state index in [2.05, 4.69) is 40.1 Å². The van der Waals surface area contributed by atoms with Gasteiger partial charge in [0.2, 0.25) is 18.1 Å². The van der Waals surface area contributed by atoms with Gasteiger partial charge in [-0.05, 0) is 122 Å². The first kappa shape index (κ1) is 79.4. The Kier molecular flexibility index (Phi) is 24.9. The van der Waals surface area contributed by atoms with Crippen LogP contribution in [0, 0.1) is 21.7 Å². The van der Waals surface area contributed by atoms with Crippen LogP contribution in [0.25, 0.3) is 15.8 Å². The third-order valence-corrected chi connectivity index (χ3v) is 22.0. The fourth-order valence-corrected chi connectivity index (χ4v) is 18.2. The number of carbonyl (C=O) groups is 8. The molecule has 6 atom stereocenters. The molecule has 12 rings (SSSR count). The molecule has 580 valence electrons. The predicted octanol–water partition coefficient (Wildman–Crippen LogP) is 6.13. The molecule has 0 spiro atoms. The van der Waals surface area contributed by atoms with Gasteiger partial charge in [0.05, 0.1) is 55.5 Å². The zero-order valence-corrected chi connectivity index (χ0v) is 62.2. The molecule has 32 nitrogen and oxygen atoms in total. The molecule has 5 aromatic rings. The van der Waals surface area contributed by atoms with E-state index in [1.54, 1.807) is 43.5 Å². The third-order valence-electron chi connectivity index (χ3n) is 20.3. The summed E-state index contributed by atoms with van der Waals surface area (Å²) >= 11 is 1.37. The lowest BCUT2D eigenvalue weighted by molar-refractivity contribution is -0.243. The van der Waals surface area contributed by atoms with Crippen molar-refractivity contribution in [3.63, 3.8) is 0 Å². The van der Waals surface area contributed by atoms with E-state index in [0.717, 1.165) is 76.7 Å². The highest BCUT2D eigenvalue weighted by molar-refractivity contribution is 7.85. The van der Waals surface area contributed by atoms with Crippen molar-refractivity contribution in [3.05, 3.63) is 118 Å². The van der Waals surface area contributed by atoms with Gasteiger partial charge in [-0.25, -0.2) is 24.4 Å². The molecule has 3 aliphatic heterocycles. The van der Waals surface area contributed by atoms with Gasteiger partial charge in [0.15, 0.2) is 16.9 Å². The van der Waals surface area contributed by atoms with Gasteiger partial charge in [0.1, 0.15) is 48.1 Å². The van der Waals surface area contributed by atoms with Crippen LogP contribution in [0.2, 0.25) is 0 Å². The monoisotopic (exact) mass is 1530 g/mol. The van der Waals surface area contributed by atoms with Crippen LogP contribution in [0.15, 0.2) is 84.6 Å². The van der Waals surface area contributed by atoms with Gasteiger partial charge in [0.25, 0.3) is 27.8 Å². The number of aliphatic hydroxyl groups excluding tert-OH is 1. The molecule has 4 aliphatic carbocycles. The Labute approximate surface area is 627 Å². The number of nitrogens with zero attached hydrogens (tertiary/aromatic N) is 5. The fourth-order valence-electron chi connectivity index (χ4n) is 16.7. The minimum atomic E-state index is -4.76. The molecule has 0 radical (unpaired) electrons. The van der Waals surface area contributed by atoms with Crippen LogP contribution >= 0.6 is 11.3 Å². The predicted molar refractivity (Wildman–Crippen MR) is 391 cm³/mol. The number of benzene rings is 3. The smallest absolute Gasteiger partial charge is 0.410 e. The van der Waals surface area contributed by atoms with E-state index >= 15 is 0 Å². The van der Waals surface area contributed by atoms with Gasteiger partial charge in [-0.1, -0.05) is 37.3 Å². The van der Waals surface area contributed by atoms with Gasteiger partial charge in [-0.15, -0.1) is 0 Å². The van der Waals surface area contributed by atoms with E-state index in [4.69, 9.17) is 48.3 Å². The van der Waals surface area contributed by atoms with Gasteiger partial charge in [-0.2, -0.15) is 8.42 Å². The first-order valence-electron chi connectivity index (χ1n) is 35.4. The van der Waals surface area contributed by atoms with Crippen LogP contribution in [-0.2, 0) is 77.3 Å². The number of imide groups is 1. The van der Waals surface area contributed by atoms with Crippen molar-refractivity contribution >= 4 is 102 Å². The lowest BCUT2D eigenvalue weighted by Gasteiger charge is -2.69. The average Bonchev–Trinajstić information content (AvgIpc) is 0.796. The number of carboxylic acids is 2. The SMILES string of the molecule is COCCN(CCOC12CC3(C)CC(C)(CC(CN/C(C)=C(\C=N)c4ccc(N5CCc6c(OC)ccc(C(=O)Nc7nc8ccccc8s7)c6C5)nc4C(=O)O)(C3)C1)C2)C(=O)OCc1ccc(OCCOCCNC(=O)[C@H](CS(=O)(=O)O)NC(=O)CCN2C(=O)C=CC2=O)cc1O[C@H]1C[C@@H](O)C[C@@H](C(=O)O)O1. The molecule has 34 heteroatoms. The second-order valence-electron chi connectivity index (χ2n) is 29.0. The third kappa shape index (κ3) is 19.4. The number of amides is 6. The normalized spacial score (nSPS) is 23.3. The van der Waals surface area contributed by atoms with Crippen molar-refractivity contribution in [1.29, 1.82) is 5.41 Å². The summed E-state index contributed by atoms with van der Waals surface area (Å²) in [7, 11) is -1.67. The van der Waals surface area contributed by atoms with Crippen molar-refractivity contribution in [2.75, 3.05) is 102 Å². The molecule has 5 fully saturated rings. The highest BCUT2D eigenvalue weighted by atomic mass is 32.2. The van der Waals surface area contributed by atoms with Crippen molar-refractivity contribution in [1.82, 2.24) is 35.7 Å². The van der Waals surface area contributed by atoms with Crippen LogP contribution in [0.5, 0.6) is 17.2 Å². The number of hydrogen-bond donors (Lipinski definition) is 9. The summed E-state index contributed by atoms with van der Waals surface area (Å²) in [6, 6.07) is 17.4. The summed E-state index contributed by atoms with van der Waals surface area (Å²) in [6.07, 6.45) is 3.67. The van der Waals surface area contributed by atoms with Crippen LogP contribution < -0.4 is 40.4 Å². The summed E-state index contributed by atoms with van der Waals surface area (Å²) in [5, 5.41) is 51.6. The maximum absolute atomic E-state index is 14.2. The molecule has 6 amide bonds. The number of hydrogen-bond acceptors (Lipinski definition) is 25. The standard InChI is InChI=1S/C74H90N10O22S2/c1-44(51(33-75)49-13-15-59(80-64(49)68(93)94)83-21-18-48-52(34-83)50(12-14-55(48)100-5)65(89)81-69-79-53-8-6-7-9-58(53)107-69)77-43-73-38-71(2)37-72(3,39-73)41-74(40-71,42-73)104-27-24-82(23-26-99-4)70(95)103-35-45-10-11-47(32-56(45)105-63-31-46(85)30-57(106-63)67(91)92)102-29-28-101-25-20-76-66(90)54(36-108(96,97)98)78-60(86)19-22-84-61(87)16-17-62(84)88/h6-17,32-33,46,54,57,63,75,77,85H,18-31,34-43H2,1-5H3,(H,76,90)(H,78,86)(H,91,92)(H,93,94)(H,79,81,89)(H,96,97,98)/b51-44+,75-33?/t46-,54-,57-,63+,71?,72?,73?,74?/m0/s1. The molecule has 3 aromatic carbocycles. The van der Waals surface area contributed by atoms with Gasteiger partial charge in [-0.3, -0.25) is 38.7 Å². The van der Waals surface area contributed by atoms with Crippen LogP contribution in [0.4, 0.5) is 15.7 Å². The number of aromatic carboxylic acids is 1. The molecule has 5 heterocycles. The molecule has 7 aliphatic rings. The van der Waals surface area contributed by atoms with E-state index < -0.39 is 94.1 Å². The summed E-state index contributed by atoms with van der Waals surface area (Å²) < 4.78 is 81.4. The Morgan fingerprint density at radius 1 is 0.852 bits per heavy atom. The number of allylic oxidation sites excluding steroid dienone is 2. The number of thiazole rings is 1. The minimum Gasteiger partial charge on any atom is -0.496 e. The number of carbonyl (C=O) groups excluding carboxylic acids is 6. The van der Waals surface area contributed by atoms with Crippen molar-refractivity contribution in [2.45, 2.75) is 128 Å². The number of nitrogens with one attached hydrogen (secondary N) is 5. The van der Waals surface area contributed by atoms with Gasteiger partial charge >= 0.3 is 18.0 Å². The topological polar surface area (TPSA) is 433 Å². The van der Waals surface area contributed by atoms with E-state index in [-0.39, 0.29) is 130 Å². The molecule has 2 unspecified atom stereocenters. The first-order valence-corrected chi connectivity index (χ1v) is 37.9. The number of ether oxygens (including phenoxy) is 8. The first-order chi connectivity index (χ1) is 51.5. The molecule has 108 heavy (non-hydrogen) atoms. The number of pyridine rings is 1. The van der Waals surface area contributed by atoms with Gasteiger partial charge < -0.3 is 84.4 Å². The minimum absolute atomic E-state index is 0.0506. The average molecular weight is 1540 g/mol. The number of aliphatic hydroxyl groups is 1. The number of rotatable bonds is 36. The zero-order valence-electron chi connectivity index (χ0n) is 60.6. The lowest BCUT2D eigenvalue weighted by atomic mass is 9.39. The molecule has 4 bridgehead atoms. The van der Waals surface area contributed by atoms with Crippen molar-refractivity contribution in [2.24, 2.45) is 16.2 Å². The second kappa shape index (κ2) is 33.8. The van der Waals surface area contributed by atoms with Crippen LogP contribution in [0.1, 0.15) is 122 Å². The molecular weight excluding hydrogens is 1440 g/mol. The van der Waals surface area contributed by atoms with Gasteiger partial charge in [0, 0.05) is 130 Å². The molecular formula is C74H90N10O22S2. The number of aromatic nitrogens is 2. The molecule has 2 aromatic heterocycles. The quantitative estimate of drug-likeness (QED) is 0.00941. The maximum atomic E-state index is 14.2. The zero-order chi connectivity index (χ0) is 77.3. The largest absolute Gasteiger partial charge is 0.496 e. The number of aliphatic carboxylic acids is 1. The Morgan fingerprint density at radius 2 is 1.59 bits per heavy atom.